The summed E-state index contributed by atoms with van der Waals surface area (Å²) < 4.78 is 0. The molecular formula is C10H11NOS. The standard InChI is InChI=1S/C10H11NOS/c1-8(12)7-10(13)11-9-5-3-2-4-6-9/h2-7,12H,1H3,(H,11,13)/b8-7-. The molecule has 1 rings (SSSR count). The Morgan fingerprint density at radius 2 is 2.00 bits per heavy atom. The lowest BCUT2D eigenvalue weighted by Crippen LogP contribution is -2.05. The first-order valence-corrected chi connectivity index (χ1v) is 4.32. The lowest BCUT2D eigenvalue weighted by molar-refractivity contribution is 0.415. The molecule has 0 saturated heterocycles. The van der Waals surface area contributed by atoms with E-state index in [1.807, 2.05) is 30.3 Å². The molecule has 0 amide bonds. The summed E-state index contributed by atoms with van der Waals surface area (Å²) in [6.45, 7) is 1.58. The highest BCUT2D eigenvalue weighted by atomic mass is 32.1. The third-order valence-corrected chi connectivity index (χ3v) is 1.60. The van der Waals surface area contributed by atoms with Gasteiger partial charge in [-0.15, -0.1) is 0 Å². The molecular weight excluding hydrogens is 182 g/mol. The van der Waals surface area contributed by atoms with Crippen molar-refractivity contribution in [1.82, 2.24) is 0 Å². The Morgan fingerprint density at radius 1 is 1.38 bits per heavy atom. The molecule has 13 heavy (non-hydrogen) atoms. The van der Waals surface area contributed by atoms with Crippen LogP contribution in [0.15, 0.2) is 42.2 Å². The third-order valence-electron chi connectivity index (χ3n) is 1.38. The van der Waals surface area contributed by atoms with Gasteiger partial charge in [-0.1, -0.05) is 30.4 Å². The van der Waals surface area contributed by atoms with E-state index in [9.17, 15) is 0 Å². The molecule has 0 saturated carbocycles. The summed E-state index contributed by atoms with van der Waals surface area (Å²) in [5.74, 6) is 0.202. The molecule has 0 heterocycles. The molecule has 2 nitrogen and oxygen atoms in total. The molecule has 0 radical (unpaired) electrons. The highest BCUT2D eigenvalue weighted by Gasteiger charge is 1.93. The molecule has 0 bridgehead atoms. The normalized spacial score (nSPS) is 11.0. The van der Waals surface area contributed by atoms with Crippen molar-refractivity contribution < 1.29 is 5.11 Å². The van der Waals surface area contributed by atoms with Crippen LogP contribution in [0.3, 0.4) is 0 Å². The van der Waals surface area contributed by atoms with E-state index >= 15 is 0 Å². The average Bonchev–Trinajstić information content (AvgIpc) is 2.04. The van der Waals surface area contributed by atoms with Gasteiger partial charge in [0.05, 0.1) is 5.76 Å². The van der Waals surface area contributed by atoms with Crippen molar-refractivity contribution in [3.05, 3.63) is 42.2 Å². The van der Waals surface area contributed by atoms with E-state index in [-0.39, 0.29) is 5.76 Å². The summed E-state index contributed by atoms with van der Waals surface area (Å²) in [6.07, 6.45) is 1.50. The monoisotopic (exact) mass is 193 g/mol. The third kappa shape index (κ3) is 3.71. The van der Waals surface area contributed by atoms with E-state index in [1.165, 1.54) is 6.08 Å². The zero-order valence-electron chi connectivity index (χ0n) is 7.32. The predicted octanol–water partition coefficient (Wildman–Crippen LogP) is 2.89. The van der Waals surface area contributed by atoms with Crippen LogP contribution in [-0.4, -0.2) is 10.1 Å². The minimum absolute atomic E-state index is 0.202. The van der Waals surface area contributed by atoms with Gasteiger partial charge in [-0.25, -0.2) is 0 Å². The van der Waals surface area contributed by atoms with Crippen LogP contribution in [0.2, 0.25) is 0 Å². The van der Waals surface area contributed by atoms with Crippen LogP contribution in [0.5, 0.6) is 0 Å². The molecule has 0 spiro atoms. The van der Waals surface area contributed by atoms with Crippen LogP contribution >= 0.6 is 12.2 Å². The Labute approximate surface area is 82.9 Å². The fourth-order valence-corrected chi connectivity index (χ4v) is 1.18. The molecule has 3 heteroatoms. The summed E-state index contributed by atoms with van der Waals surface area (Å²) in [5.41, 5.74) is 0.921. The zero-order chi connectivity index (χ0) is 9.68. The highest BCUT2D eigenvalue weighted by Crippen LogP contribution is 2.05. The van der Waals surface area contributed by atoms with Crippen molar-refractivity contribution >= 4 is 22.9 Å². The molecule has 0 aliphatic carbocycles. The molecule has 0 aromatic heterocycles. The van der Waals surface area contributed by atoms with Crippen LogP contribution < -0.4 is 5.32 Å². The Kier molecular flexibility index (Phi) is 3.46. The van der Waals surface area contributed by atoms with E-state index in [1.54, 1.807) is 6.92 Å². The van der Waals surface area contributed by atoms with Gasteiger partial charge >= 0.3 is 0 Å². The SMILES string of the molecule is C/C(O)=C/C(=S)Nc1ccccc1. The smallest absolute Gasteiger partial charge is 0.106 e. The summed E-state index contributed by atoms with van der Waals surface area (Å²) in [6, 6.07) is 9.59. The molecule has 0 unspecified atom stereocenters. The number of benzene rings is 1. The van der Waals surface area contributed by atoms with Gasteiger partial charge in [0.15, 0.2) is 0 Å². The first kappa shape index (κ1) is 9.74. The fourth-order valence-electron chi connectivity index (χ4n) is 0.890. The average molecular weight is 193 g/mol. The maximum Gasteiger partial charge on any atom is 0.106 e. The van der Waals surface area contributed by atoms with Gasteiger partial charge in [0.2, 0.25) is 0 Å². The van der Waals surface area contributed by atoms with Gasteiger partial charge in [-0.2, -0.15) is 0 Å². The van der Waals surface area contributed by atoms with Gasteiger partial charge in [0, 0.05) is 11.8 Å². The van der Waals surface area contributed by atoms with Crippen molar-refractivity contribution in [2.75, 3.05) is 5.32 Å². The molecule has 1 aromatic carbocycles. The van der Waals surface area contributed by atoms with Crippen molar-refractivity contribution in [3.8, 4) is 0 Å². The van der Waals surface area contributed by atoms with Crippen molar-refractivity contribution in [3.63, 3.8) is 0 Å². The molecule has 1 aromatic rings. The number of allylic oxidation sites excluding steroid dienone is 1. The van der Waals surface area contributed by atoms with Crippen LogP contribution in [0, 0.1) is 0 Å². The topological polar surface area (TPSA) is 32.3 Å². The van der Waals surface area contributed by atoms with Crippen LogP contribution in [-0.2, 0) is 0 Å². The van der Waals surface area contributed by atoms with Gasteiger partial charge < -0.3 is 10.4 Å². The summed E-state index contributed by atoms with van der Waals surface area (Å²) >= 11 is 4.96. The minimum Gasteiger partial charge on any atom is -0.513 e. The predicted molar refractivity (Wildman–Crippen MR) is 59.0 cm³/mol. The number of hydrogen-bond donors (Lipinski definition) is 2. The quantitative estimate of drug-likeness (QED) is 0.430. The van der Waals surface area contributed by atoms with Crippen LogP contribution in [0.4, 0.5) is 5.69 Å². The maximum atomic E-state index is 8.93. The van der Waals surface area contributed by atoms with E-state index < -0.39 is 0 Å². The maximum absolute atomic E-state index is 8.93. The summed E-state index contributed by atoms with van der Waals surface area (Å²) in [7, 11) is 0. The zero-order valence-corrected chi connectivity index (χ0v) is 8.14. The van der Waals surface area contributed by atoms with Gasteiger partial charge in [0.25, 0.3) is 0 Å². The largest absolute Gasteiger partial charge is 0.513 e. The Bertz CT molecular complexity index is 315. The number of para-hydroxylation sites is 1. The summed E-state index contributed by atoms with van der Waals surface area (Å²) in [5, 5.41) is 11.9. The molecule has 0 atom stereocenters. The number of aliphatic hydroxyl groups is 1. The second-order valence-corrected chi connectivity index (χ2v) is 3.08. The van der Waals surface area contributed by atoms with E-state index in [0.29, 0.717) is 4.99 Å². The van der Waals surface area contributed by atoms with E-state index in [2.05, 4.69) is 5.32 Å². The van der Waals surface area contributed by atoms with Gasteiger partial charge in [0.1, 0.15) is 4.99 Å². The first-order valence-electron chi connectivity index (χ1n) is 3.92. The van der Waals surface area contributed by atoms with Crippen LogP contribution in [0.1, 0.15) is 6.92 Å². The van der Waals surface area contributed by atoms with Gasteiger partial charge in [-0.05, 0) is 19.1 Å². The second-order valence-electron chi connectivity index (χ2n) is 2.64. The van der Waals surface area contributed by atoms with Gasteiger partial charge in [-0.3, -0.25) is 0 Å². The molecule has 0 aliphatic rings. The number of thiocarbonyl (C=S) groups is 1. The number of rotatable bonds is 2. The number of hydrogen-bond acceptors (Lipinski definition) is 2. The molecule has 68 valence electrons. The van der Waals surface area contributed by atoms with Crippen molar-refractivity contribution in [2.45, 2.75) is 6.92 Å². The number of nitrogens with one attached hydrogen (secondary N) is 1. The fraction of sp³-hybridized carbons (Fsp3) is 0.100. The minimum atomic E-state index is 0.202. The Morgan fingerprint density at radius 3 is 2.54 bits per heavy atom. The highest BCUT2D eigenvalue weighted by molar-refractivity contribution is 7.81. The van der Waals surface area contributed by atoms with E-state index in [0.717, 1.165) is 5.69 Å². The van der Waals surface area contributed by atoms with Crippen molar-refractivity contribution in [1.29, 1.82) is 0 Å². The molecule has 2 N–H and O–H groups in total. The van der Waals surface area contributed by atoms with Crippen LogP contribution in [0.25, 0.3) is 0 Å². The number of anilines is 1. The van der Waals surface area contributed by atoms with Crippen molar-refractivity contribution in [2.24, 2.45) is 0 Å². The Hall–Kier alpha value is -1.35. The lowest BCUT2D eigenvalue weighted by atomic mass is 10.3. The summed E-state index contributed by atoms with van der Waals surface area (Å²) in [4.78, 5) is 0.506. The number of aliphatic hydroxyl groups excluding tert-OH is 1. The van der Waals surface area contributed by atoms with E-state index in [4.69, 9.17) is 17.3 Å². The second kappa shape index (κ2) is 4.62. The Balaban J connectivity index is 2.61. The molecule has 0 aliphatic heterocycles. The first-order chi connectivity index (χ1) is 6.18. The molecule has 0 fully saturated rings. The lowest BCUT2D eigenvalue weighted by Gasteiger charge is -2.03.